The minimum atomic E-state index is -3.88. The predicted octanol–water partition coefficient (Wildman–Crippen LogP) is 3.71. The largest absolute Gasteiger partial charge is 0.492 e. The van der Waals surface area contributed by atoms with Gasteiger partial charge in [0.1, 0.15) is 18.3 Å². The van der Waals surface area contributed by atoms with Gasteiger partial charge in [-0.2, -0.15) is 0 Å². The Morgan fingerprint density at radius 1 is 1.06 bits per heavy atom. The highest BCUT2D eigenvalue weighted by atomic mass is 35.5. The minimum Gasteiger partial charge on any atom is -0.492 e. The van der Waals surface area contributed by atoms with Gasteiger partial charge >= 0.3 is 0 Å². The molecule has 0 fully saturated rings. The molecule has 8 nitrogen and oxygen atoms in total. The Morgan fingerprint density at radius 2 is 1.68 bits per heavy atom. The fourth-order valence-corrected chi connectivity index (χ4v) is 4.85. The average Bonchev–Trinajstić information content (AvgIpc) is 2.78. The number of carbonyl (C=O) groups is 2. The molecule has 0 bridgehead atoms. The van der Waals surface area contributed by atoms with Gasteiger partial charge in [0.15, 0.2) is 0 Å². The zero-order valence-corrected chi connectivity index (χ0v) is 21.9. The van der Waals surface area contributed by atoms with Crippen LogP contribution in [0.2, 0.25) is 10.0 Å². The summed E-state index contributed by atoms with van der Waals surface area (Å²) in [5.74, 6) is -0.662. The van der Waals surface area contributed by atoms with Gasteiger partial charge in [-0.1, -0.05) is 48.3 Å². The number of halogens is 2. The topological polar surface area (TPSA) is 96.0 Å². The number of hydrogen-bond donors (Lipinski definition) is 1. The molecule has 0 saturated carbocycles. The Balaban J connectivity index is 2.53. The molecule has 11 heteroatoms. The Morgan fingerprint density at radius 3 is 2.21 bits per heavy atom. The van der Waals surface area contributed by atoms with Crippen LogP contribution < -0.4 is 14.4 Å². The summed E-state index contributed by atoms with van der Waals surface area (Å²) >= 11 is 12.6. The molecular weight excluding hydrogens is 501 g/mol. The third kappa shape index (κ3) is 6.77. The van der Waals surface area contributed by atoms with E-state index < -0.39 is 28.5 Å². The lowest BCUT2D eigenvalue weighted by atomic mass is 10.1. The highest BCUT2D eigenvalue weighted by molar-refractivity contribution is 7.92. The molecule has 2 rings (SSSR count). The Hall–Kier alpha value is -2.49. The second-order valence-electron chi connectivity index (χ2n) is 7.43. The highest BCUT2D eigenvalue weighted by Crippen LogP contribution is 2.31. The molecule has 2 aromatic rings. The molecule has 0 saturated heterocycles. The van der Waals surface area contributed by atoms with E-state index in [4.69, 9.17) is 27.9 Å². The lowest BCUT2D eigenvalue weighted by molar-refractivity contribution is -0.140. The smallest absolute Gasteiger partial charge is 0.244 e. The normalized spacial score (nSPS) is 12.1. The van der Waals surface area contributed by atoms with Gasteiger partial charge in [-0.15, -0.1) is 0 Å². The maximum Gasteiger partial charge on any atom is 0.244 e. The van der Waals surface area contributed by atoms with Crippen LogP contribution in [0.5, 0.6) is 5.75 Å². The van der Waals surface area contributed by atoms with Crippen LogP contribution in [0.25, 0.3) is 0 Å². The number of anilines is 1. The molecule has 0 aliphatic heterocycles. The number of ether oxygens (including phenoxy) is 1. The van der Waals surface area contributed by atoms with Crippen molar-refractivity contribution in [3.05, 3.63) is 58.1 Å². The van der Waals surface area contributed by atoms with Gasteiger partial charge in [0.25, 0.3) is 0 Å². The molecular formula is C23H29Cl2N3O5S. The third-order valence-corrected chi connectivity index (χ3v) is 6.97. The third-order valence-electron chi connectivity index (χ3n) is 5.14. The SMILES string of the molecule is CCOc1ccccc1N(CC(=O)N(Cc1c(Cl)cccc1Cl)[C@H](CC)C(=O)NC)S(C)(=O)=O. The first-order chi connectivity index (χ1) is 16.0. The van der Waals surface area contributed by atoms with Crippen molar-refractivity contribution < 1.29 is 22.7 Å². The molecule has 0 radical (unpaired) electrons. The van der Waals surface area contributed by atoms with Crippen molar-refractivity contribution in [2.24, 2.45) is 0 Å². The second-order valence-corrected chi connectivity index (χ2v) is 10.2. The predicted molar refractivity (Wildman–Crippen MR) is 135 cm³/mol. The van der Waals surface area contributed by atoms with Crippen molar-refractivity contribution in [2.75, 3.05) is 30.8 Å². The number of nitrogens with one attached hydrogen (secondary N) is 1. The highest BCUT2D eigenvalue weighted by Gasteiger charge is 2.32. The lowest BCUT2D eigenvalue weighted by Gasteiger charge is -2.33. The van der Waals surface area contributed by atoms with E-state index in [9.17, 15) is 18.0 Å². The van der Waals surface area contributed by atoms with E-state index in [-0.39, 0.29) is 18.1 Å². The fourth-order valence-electron chi connectivity index (χ4n) is 3.48. The summed E-state index contributed by atoms with van der Waals surface area (Å²) < 4.78 is 32.0. The van der Waals surface area contributed by atoms with Crippen molar-refractivity contribution in [2.45, 2.75) is 32.9 Å². The number of hydrogen-bond acceptors (Lipinski definition) is 5. The van der Waals surface area contributed by atoms with Gasteiger partial charge in [0.2, 0.25) is 21.8 Å². The summed E-state index contributed by atoms with van der Waals surface area (Å²) in [7, 11) is -2.41. The molecule has 0 spiro atoms. The Kier molecular flexibility index (Phi) is 10.0. The number of carbonyl (C=O) groups excluding carboxylic acids is 2. The second kappa shape index (κ2) is 12.3. The van der Waals surface area contributed by atoms with E-state index in [2.05, 4.69) is 5.32 Å². The number of rotatable bonds is 11. The van der Waals surface area contributed by atoms with Crippen LogP contribution in [0.1, 0.15) is 25.8 Å². The van der Waals surface area contributed by atoms with Gasteiger partial charge in [-0.3, -0.25) is 13.9 Å². The first-order valence-corrected chi connectivity index (χ1v) is 13.3. The molecule has 0 aromatic heterocycles. The fraction of sp³-hybridized carbons (Fsp3) is 0.391. The van der Waals surface area contributed by atoms with Crippen LogP contribution >= 0.6 is 23.2 Å². The molecule has 2 aromatic carbocycles. The maximum atomic E-state index is 13.6. The number of amides is 2. The zero-order valence-electron chi connectivity index (χ0n) is 19.5. The molecule has 2 amide bonds. The van der Waals surface area contributed by atoms with Crippen LogP contribution in [0.15, 0.2) is 42.5 Å². The first kappa shape index (κ1) is 27.8. The molecule has 0 heterocycles. The van der Waals surface area contributed by atoms with Crippen molar-refractivity contribution in [1.29, 1.82) is 0 Å². The minimum absolute atomic E-state index is 0.0754. The average molecular weight is 530 g/mol. The molecule has 1 atom stereocenters. The van der Waals surface area contributed by atoms with Crippen molar-refractivity contribution in [3.63, 3.8) is 0 Å². The summed E-state index contributed by atoms with van der Waals surface area (Å²) in [5.41, 5.74) is 0.686. The number of benzene rings is 2. The Bertz CT molecular complexity index is 1110. The quantitative estimate of drug-likeness (QED) is 0.478. The lowest BCUT2D eigenvalue weighted by Crippen LogP contribution is -2.51. The number of para-hydroxylation sites is 2. The monoisotopic (exact) mass is 529 g/mol. The molecule has 0 aliphatic rings. The summed E-state index contributed by atoms with van der Waals surface area (Å²) in [4.78, 5) is 27.5. The molecule has 0 aliphatic carbocycles. The van der Waals surface area contributed by atoms with Crippen molar-refractivity contribution in [3.8, 4) is 5.75 Å². The van der Waals surface area contributed by atoms with E-state index in [0.717, 1.165) is 10.6 Å². The number of nitrogens with zero attached hydrogens (tertiary/aromatic N) is 2. The van der Waals surface area contributed by atoms with Crippen molar-refractivity contribution >= 4 is 50.7 Å². The molecule has 1 N–H and O–H groups in total. The number of sulfonamides is 1. The van der Waals surface area contributed by atoms with E-state index in [1.54, 1.807) is 56.3 Å². The van der Waals surface area contributed by atoms with Crippen molar-refractivity contribution in [1.82, 2.24) is 10.2 Å². The molecule has 0 unspecified atom stereocenters. The van der Waals surface area contributed by atoms with Gasteiger partial charge in [-0.05, 0) is 37.6 Å². The van der Waals surface area contributed by atoms with E-state index in [0.29, 0.717) is 34.4 Å². The van der Waals surface area contributed by atoms with Crippen LogP contribution in [0.4, 0.5) is 5.69 Å². The number of likely N-dealkylation sites (N-methyl/N-ethyl adjacent to an activating group) is 1. The van der Waals surface area contributed by atoms with E-state index in [1.165, 1.54) is 11.9 Å². The van der Waals surface area contributed by atoms with Crippen LogP contribution in [0.3, 0.4) is 0 Å². The first-order valence-electron chi connectivity index (χ1n) is 10.7. The maximum absolute atomic E-state index is 13.6. The van der Waals surface area contributed by atoms with Gasteiger partial charge in [-0.25, -0.2) is 8.42 Å². The standard InChI is InChI=1S/C23H29Cl2N3O5S/c1-5-19(23(30)26-3)27(14-16-17(24)10-9-11-18(16)25)22(29)15-28(34(4,31)32)20-12-7-8-13-21(20)33-6-2/h7-13,19H,5-6,14-15H2,1-4H3,(H,26,30)/t19-/m1/s1. The Labute approximate surface area is 210 Å². The van der Waals surface area contributed by atoms with E-state index >= 15 is 0 Å². The summed E-state index contributed by atoms with van der Waals surface area (Å²) in [6.45, 7) is 3.23. The molecule has 34 heavy (non-hydrogen) atoms. The van der Waals surface area contributed by atoms with Gasteiger partial charge < -0.3 is 15.0 Å². The van der Waals surface area contributed by atoms with Crippen LogP contribution in [0, 0.1) is 0 Å². The zero-order chi connectivity index (χ0) is 25.5. The van der Waals surface area contributed by atoms with Gasteiger partial charge in [0.05, 0.1) is 18.6 Å². The van der Waals surface area contributed by atoms with Crippen LogP contribution in [-0.2, 0) is 26.2 Å². The molecule has 186 valence electrons. The van der Waals surface area contributed by atoms with Crippen LogP contribution in [-0.4, -0.2) is 57.6 Å². The summed E-state index contributed by atoms with van der Waals surface area (Å²) in [5, 5.41) is 3.22. The van der Waals surface area contributed by atoms with E-state index in [1.807, 2.05) is 0 Å². The summed E-state index contributed by atoms with van der Waals surface area (Å²) in [6.07, 6.45) is 1.30. The summed E-state index contributed by atoms with van der Waals surface area (Å²) in [6, 6.07) is 10.6. The van der Waals surface area contributed by atoms with Gasteiger partial charge in [0, 0.05) is 29.2 Å².